The van der Waals surface area contributed by atoms with E-state index in [0.29, 0.717) is 11.4 Å². The van der Waals surface area contributed by atoms with E-state index in [-0.39, 0.29) is 5.91 Å². The van der Waals surface area contributed by atoms with Gasteiger partial charge in [-0.05, 0) is 55.3 Å². The molecule has 0 spiro atoms. The van der Waals surface area contributed by atoms with Gasteiger partial charge in [0, 0.05) is 23.4 Å². The van der Waals surface area contributed by atoms with Gasteiger partial charge in [-0.2, -0.15) is 5.10 Å². The van der Waals surface area contributed by atoms with Gasteiger partial charge in [-0.15, -0.1) is 0 Å². The summed E-state index contributed by atoms with van der Waals surface area (Å²) >= 11 is 0. The van der Waals surface area contributed by atoms with Gasteiger partial charge in [0.25, 0.3) is 5.91 Å². The fourth-order valence-corrected chi connectivity index (χ4v) is 3.00. The van der Waals surface area contributed by atoms with Crippen LogP contribution in [0, 0.1) is 6.92 Å². The van der Waals surface area contributed by atoms with Crippen LogP contribution in [0.1, 0.15) is 27.3 Å². The van der Waals surface area contributed by atoms with Crippen molar-refractivity contribution in [2.75, 3.05) is 11.9 Å². The van der Waals surface area contributed by atoms with Crippen LogP contribution in [0.4, 0.5) is 5.69 Å². The van der Waals surface area contributed by atoms with Crippen molar-refractivity contribution in [3.8, 4) is 11.4 Å². The van der Waals surface area contributed by atoms with Crippen molar-refractivity contribution in [1.82, 2.24) is 20.5 Å². The maximum Gasteiger partial charge on any atom is 0.255 e. The number of aryl methyl sites for hydroxylation is 1. The van der Waals surface area contributed by atoms with Crippen molar-refractivity contribution in [3.05, 3.63) is 65.0 Å². The molecule has 0 saturated carbocycles. The van der Waals surface area contributed by atoms with Crippen LogP contribution in [0.3, 0.4) is 0 Å². The van der Waals surface area contributed by atoms with Crippen LogP contribution in [-0.2, 0) is 13.0 Å². The summed E-state index contributed by atoms with van der Waals surface area (Å²) in [5.41, 5.74) is 4.92. The summed E-state index contributed by atoms with van der Waals surface area (Å²) in [6, 6.07) is 13.4. The zero-order chi connectivity index (χ0) is 17.2. The Morgan fingerprint density at radius 2 is 1.96 bits per heavy atom. The number of H-pyrrole nitrogens is 1. The number of nitrogens with one attached hydrogen (secondary N) is 3. The van der Waals surface area contributed by atoms with E-state index in [1.165, 1.54) is 11.1 Å². The lowest BCUT2D eigenvalue weighted by Crippen LogP contribution is -2.23. The van der Waals surface area contributed by atoms with Crippen LogP contribution in [-0.4, -0.2) is 27.6 Å². The summed E-state index contributed by atoms with van der Waals surface area (Å²) in [5, 5.41) is 13.3. The fourth-order valence-electron chi connectivity index (χ4n) is 3.00. The zero-order valence-electron chi connectivity index (χ0n) is 14.0. The average Bonchev–Trinajstić information content (AvgIpc) is 3.08. The third-order valence-electron chi connectivity index (χ3n) is 4.35. The Kier molecular flexibility index (Phi) is 4.03. The molecule has 126 valence electrons. The molecule has 0 bridgehead atoms. The highest BCUT2D eigenvalue weighted by molar-refractivity contribution is 6.04. The lowest BCUT2D eigenvalue weighted by atomic mass is 10.0. The smallest absolute Gasteiger partial charge is 0.255 e. The van der Waals surface area contributed by atoms with Crippen molar-refractivity contribution >= 4 is 11.6 Å². The van der Waals surface area contributed by atoms with Gasteiger partial charge in [-0.1, -0.05) is 18.2 Å². The molecule has 1 aliphatic rings. The molecule has 6 heteroatoms. The molecule has 0 fully saturated rings. The van der Waals surface area contributed by atoms with E-state index in [4.69, 9.17) is 0 Å². The number of amides is 1. The molecule has 2 heterocycles. The van der Waals surface area contributed by atoms with Crippen LogP contribution < -0.4 is 10.6 Å². The molecule has 1 amide bonds. The van der Waals surface area contributed by atoms with Gasteiger partial charge in [0.05, 0.1) is 0 Å². The van der Waals surface area contributed by atoms with E-state index in [2.05, 4.69) is 37.9 Å². The van der Waals surface area contributed by atoms with Crippen LogP contribution in [0.25, 0.3) is 11.4 Å². The molecule has 0 unspecified atom stereocenters. The third-order valence-corrected chi connectivity index (χ3v) is 4.35. The molecule has 0 saturated heterocycles. The second-order valence-corrected chi connectivity index (χ2v) is 6.19. The number of nitrogens with zero attached hydrogens (tertiary/aromatic N) is 2. The zero-order valence-corrected chi connectivity index (χ0v) is 14.0. The van der Waals surface area contributed by atoms with Crippen molar-refractivity contribution < 1.29 is 4.79 Å². The summed E-state index contributed by atoms with van der Waals surface area (Å²) in [5.74, 6) is 1.28. The molecule has 2 aromatic carbocycles. The number of aromatic amines is 1. The summed E-state index contributed by atoms with van der Waals surface area (Å²) in [6.45, 7) is 3.73. The molecule has 3 aromatic rings. The summed E-state index contributed by atoms with van der Waals surface area (Å²) < 4.78 is 0. The monoisotopic (exact) mass is 333 g/mol. The molecule has 0 atom stereocenters. The van der Waals surface area contributed by atoms with Gasteiger partial charge in [-0.25, -0.2) is 4.98 Å². The summed E-state index contributed by atoms with van der Waals surface area (Å²) in [7, 11) is 0. The number of carbonyl (C=O) groups is 1. The molecule has 3 N–H and O–H groups in total. The Morgan fingerprint density at radius 1 is 1.12 bits per heavy atom. The van der Waals surface area contributed by atoms with Gasteiger partial charge in [0.15, 0.2) is 5.82 Å². The lowest BCUT2D eigenvalue weighted by molar-refractivity contribution is 0.102. The van der Waals surface area contributed by atoms with E-state index in [0.717, 1.165) is 36.6 Å². The molecule has 4 rings (SSSR count). The van der Waals surface area contributed by atoms with E-state index in [1.807, 2.05) is 25.1 Å². The number of fused-ring (bicyclic) bond motifs is 1. The first-order valence-electron chi connectivity index (χ1n) is 8.32. The third kappa shape index (κ3) is 3.29. The van der Waals surface area contributed by atoms with E-state index >= 15 is 0 Å². The van der Waals surface area contributed by atoms with E-state index < -0.39 is 0 Å². The number of aromatic nitrogens is 3. The topological polar surface area (TPSA) is 82.7 Å². The molecule has 0 aliphatic carbocycles. The highest BCUT2D eigenvalue weighted by Gasteiger charge is 2.12. The van der Waals surface area contributed by atoms with E-state index in [9.17, 15) is 4.79 Å². The summed E-state index contributed by atoms with van der Waals surface area (Å²) in [6.07, 6.45) is 0.990. The predicted octanol–water partition coefficient (Wildman–Crippen LogP) is 2.68. The molecule has 6 nitrogen and oxygen atoms in total. The van der Waals surface area contributed by atoms with Gasteiger partial charge < -0.3 is 10.6 Å². The Balaban J connectivity index is 1.49. The number of hydrogen-bond acceptors (Lipinski definition) is 4. The first-order chi connectivity index (χ1) is 12.2. The van der Waals surface area contributed by atoms with Crippen LogP contribution in [0.2, 0.25) is 0 Å². The SMILES string of the molecule is Cc1nc(-c2ccc(C(=O)Nc3ccc4c(c3)CCNC4)cc2)n[nH]1. The standard InChI is InChI=1S/C19H19N5O/c1-12-21-18(24-23-12)13-2-4-14(5-3-13)19(25)22-17-7-6-16-11-20-9-8-15(16)10-17/h2-7,10,20H,8-9,11H2,1H3,(H,22,25)(H,21,23,24). The molecular weight excluding hydrogens is 314 g/mol. The van der Waals surface area contributed by atoms with Gasteiger partial charge in [0.1, 0.15) is 5.82 Å². The maximum absolute atomic E-state index is 12.5. The Hall–Kier alpha value is -2.99. The van der Waals surface area contributed by atoms with Crippen molar-refractivity contribution in [2.45, 2.75) is 19.9 Å². The van der Waals surface area contributed by atoms with Crippen molar-refractivity contribution in [3.63, 3.8) is 0 Å². The minimum atomic E-state index is -0.119. The van der Waals surface area contributed by atoms with Gasteiger partial charge in [0.2, 0.25) is 0 Å². The first kappa shape index (κ1) is 15.5. The van der Waals surface area contributed by atoms with Gasteiger partial charge >= 0.3 is 0 Å². The quantitative estimate of drug-likeness (QED) is 0.688. The van der Waals surface area contributed by atoms with Crippen LogP contribution in [0.15, 0.2) is 42.5 Å². The number of hydrogen-bond donors (Lipinski definition) is 3. The highest BCUT2D eigenvalue weighted by Crippen LogP contribution is 2.20. The normalized spacial score (nSPS) is 13.3. The molecule has 0 radical (unpaired) electrons. The Labute approximate surface area is 145 Å². The van der Waals surface area contributed by atoms with Crippen molar-refractivity contribution in [1.29, 1.82) is 0 Å². The van der Waals surface area contributed by atoms with E-state index in [1.54, 1.807) is 12.1 Å². The molecule has 1 aliphatic heterocycles. The predicted molar refractivity (Wildman–Crippen MR) is 96.4 cm³/mol. The largest absolute Gasteiger partial charge is 0.322 e. The second-order valence-electron chi connectivity index (χ2n) is 6.19. The fraction of sp³-hybridized carbons (Fsp3) is 0.211. The first-order valence-corrected chi connectivity index (χ1v) is 8.32. The highest BCUT2D eigenvalue weighted by atomic mass is 16.1. The lowest BCUT2D eigenvalue weighted by Gasteiger charge is -2.18. The minimum Gasteiger partial charge on any atom is -0.322 e. The Morgan fingerprint density at radius 3 is 2.72 bits per heavy atom. The van der Waals surface area contributed by atoms with Crippen LogP contribution in [0.5, 0.6) is 0 Å². The number of rotatable bonds is 3. The number of anilines is 1. The molecular formula is C19H19N5O. The summed E-state index contributed by atoms with van der Waals surface area (Å²) in [4.78, 5) is 16.8. The number of benzene rings is 2. The van der Waals surface area contributed by atoms with Crippen LogP contribution >= 0.6 is 0 Å². The van der Waals surface area contributed by atoms with Gasteiger partial charge in [-0.3, -0.25) is 9.89 Å². The van der Waals surface area contributed by atoms with Crippen molar-refractivity contribution in [2.24, 2.45) is 0 Å². The minimum absolute atomic E-state index is 0.119. The second kappa shape index (κ2) is 6.49. The molecule has 25 heavy (non-hydrogen) atoms. The average molecular weight is 333 g/mol. The molecule has 1 aromatic heterocycles. The number of carbonyl (C=O) groups excluding carboxylic acids is 1. The maximum atomic E-state index is 12.5. The Bertz CT molecular complexity index is 914.